The summed E-state index contributed by atoms with van der Waals surface area (Å²) in [7, 11) is 0. The fourth-order valence-electron chi connectivity index (χ4n) is 1.87. The van der Waals surface area contributed by atoms with E-state index in [4.69, 9.17) is 5.84 Å². The number of rotatable bonds is 5. The number of anilines is 1. The van der Waals surface area contributed by atoms with Gasteiger partial charge >= 0.3 is 0 Å². The highest BCUT2D eigenvalue weighted by atomic mass is 15.3. The van der Waals surface area contributed by atoms with Gasteiger partial charge in [0, 0.05) is 12.2 Å². The summed E-state index contributed by atoms with van der Waals surface area (Å²) in [6.07, 6.45) is 2.98. The number of para-hydroxylation sites is 1. The Bertz CT molecular complexity index is 377. The molecule has 0 aliphatic heterocycles. The molecule has 4 N–H and O–H groups in total. The first-order valence-corrected chi connectivity index (χ1v) is 6.65. The lowest BCUT2D eigenvalue weighted by atomic mass is 10.0. The molecule has 1 aromatic rings. The van der Waals surface area contributed by atoms with Gasteiger partial charge in [-0.05, 0) is 30.4 Å². The van der Waals surface area contributed by atoms with Crippen LogP contribution in [0.25, 0.3) is 0 Å². The maximum atomic E-state index is 5.50. The molecule has 1 aromatic carbocycles. The number of nitrogens with zero attached hydrogens (tertiary/aromatic N) is 1. The van der Waals surface area contributed by atoms with Crippen molar-refractivity contribution in [3.63, 3.8) is 0 Å². The predicted octanol–water partition coefficient (Wildman–Crippen LogP) is 2.45. The van der Waals surface area contributed by atoms with Crippen molar-refractivity contribution < 1.29 is 0 Å². The highest BCUT2D eigenvalue weighted by Crippen LogP contribution is 2.22. The maximum Gasteiger partial charge on any atom is 0.210 e. The average Bonchev–Trinajstić information content (AvgIpc) is 2.43. The molecule has 0 aromatic heterocycles. The Morgan fingerprint density at radius 1 is 1.17 bits per heavy atom. The Hall–Kier alpha value is -1.55. The van der Waals surface area contributed by atoms with E-state index in [2.05, 4.69) is 54.7 Å². The molecule has 0 unspecified atom stereocenters. The quantitative estimate of drug-likeness (QED) is 0.324. The van der Waals surface area contributed by atoms with Gasteiger partial charge in [0.1, 0.15) is 0 Å². The number of hydrogen-bond donors (Lipinski definition) is 3. The third-order valence-electron chi connectivity index (χ3n) is 2.87. The molecular formula is C14H24N4. The fraction of sp³-hybridized carbons (Fsp3) is 0.500. The van der Waals surface area contributed by atoms with Crippen LogP contribution in [0.1, 0.15) is 38.3 Å². The van der Waals surface area contributed by atoms with E-state index in [1.807, 2.05) is 0 Å². The van der Waals surface area contributed by atoms with Crippen LogP contribution in [-0.2, 0) is 12.8 Å². The van der Waals surface area contributed by atoms with Gasteiger partial charge < -0.3 is 5.32 Å². The molecular weight excluding hydrogens is 224 g/mol. The lowest BCUT2D eigenvalue weighted by Crippen LogP contribution is -2.37. The van der Waals surface area contributed by atoms with Gasteiger partial charge in [-0.1, -0.05) is 39.0 Å². The second-order valence-electron chi connectivity index (χ2n) is 4.16. The number of hydrazine groups is 1. The highest BCUT2D eigenvalue weighted by Gasteiger charge is 2.07. The Labute approximate surface area is 110 Å². The van der Waals surface area contributed by atoms with Crippen molar-refractivity contribution in [1.82, 2.24) is 5.43 Å². The van der Waals surface area contributed by atoms with Crippen LogP contribution in [0, 0.1) is 0 Å². The second-order valence-corrected chi connectivity index (χ2v) is 4.16. The third-order valence-corrected chi connectivity index (χ3v) is 2.87. The van der Waals surface area contributed by atoms with E-state index in [1.165, 1.54) is 11.1 Å². The van der Waals surface area contributed by atoms with Crippen LogP contribution in [0.3, 0.4) is 0 Å². The minimum absolute atomic E-state index is 0.632. The van der Waals surface area contributed by atoms with Crippen LogP contribution in [-0.4, -0.2) is 12.5 Å². The summed E-state index contributed by atoms with van der Waals surface area (Å²) in [4.78, 5) is 4.38. The summed E-state index contributed by atoms with van der Waals surface area (Å²) in [6.45, 7) is 7.16. The Morgan fingerprint density at radius 2 is 1.78 bits per heavy atom. The Balaban J connectivity index is 3.00. The van der Waals surface area contributed by atoms with Crippen LogP contribution < -0.4 is 16.6 Å². The normalized spacial score (nSPS) is 11.4. The molecule has 0 aliphatic rings. The number of benzene rings is 1. The highest BCUT2D eigenvalue weighted by molar-refractivity contribution is 5.94. The molecule has 0 amide bonds. The largest absolute Gasteiger partial charge is 0.325 e. The summed E-state index contributed by atoms with van der Waals surface area (Å²) in [5.74, 6) is 6.13. The second kappa shape index (κ2) is 7.71. The molecule has 0 saturated carbocycles. The summed E-state index contributed by atoms with van der Waals surface area (Å²) in [6, 6.07) is 6.37. The molecule has 4 nitrogen and oxygen atoms in total. The molecule has 4 heteroatoms. The van der Waals surface area contributed by atoms with Crippen molar-refractivity contribution >= 4 is 11.6 Å². The lowest BCUT2D eigenvalue weighted by Gasteiger charge is -2.16. The molecule has 18 heavy (non-hydrogen) atoms. The third kappa shape index (κ3) is 3.74. The molecule has 0 spiro atoms. The van der Waals surface area contributed by atoms with E-state index < -0.39 is 0 Å². The summed E-state index contributed by atoms with van der Waals surface area (Å²) >= 11 is 0. The van der Waals surface area contributed by atoms with E-state index in [9.17, 15) is 0 Å². The minimum Gasteiger partial charge on any atom is -0.325 e. The first-order valence-electron chi connectivity index (χ1n) is 6.65. The van der Waals surface area contributed by atoms with Gasteiger partial charge in [0.15, 0.2) is 0 Å². The van der Waals surface area contributed by atoms with Crippen LogP contribution in [0.2, 0.25) is 0 Å². The summed E-state index contributed by atoms with van der Waals surface area (Å²) in [5.41, 5.74) is 6.33. The zero-order valence-corrected chi connectivity index (χ0v) is 11.6. The molecule has 0 atom stereocenters. The minimum atomic E-state index is 0.632. The molecule has 0 saturated heterocycles. The first-order chi connectivity index (χ1) is 8.76. The number of nitrogens with one attached hydrogen (secondary N) is 2. The van der Waals surface area contributed by atoms with Crippen molar-refractivity contribution in [2.75, 3.05) is 11.9 Å². The van der Waals surface area contributed by atoms with E-state index in [0.717, 1.165) is 31.5 Å². The van der Waals surface area contributed by atoms with Crippen molar-refractivity contribution in [2.24, 2.45) is 10.8 Å². The van der Waals surface area contributed by atoms with Gasteiger partial charge in [-0.15, -0.1) is 0 Å². The molecule has 0 heterocycles. The smallest absolute Gasteiger partial charge is 0.210 e. The van der Waals surface area contributed by atoms with E-state index in [0.29, 0.717) is 5.96 Å². The van der Waals surface area contributed by atoms with E-state index in [1.54, 1.807) is 0 Å². The average molecular weight is 248 g/mol. The van der Waals surface area contributed by atoms with Gasteiger partial charge in [-0.3, -0.25) is 10.4 Å². The van der Waals surface area contributed by atoms with E-state index >= 15 is 0 Å². The van der Waals surface area contributed by atoms with Gasteiger partial charge in [-0.2, -0.15) is 0 Å². The number of nitrogens with two attached hydrogens (primary N) is 1. The fourth-order valence-corrected chi connectivity index (χ4v) is 1.87. The van der Waals surface area contributed by atoms with E-state index in [-0.39, 0.29) is 0 Å². The summed E-state index contributed by atoms with van der Waals surface area (Å²) in [5, 5.41) is 3.32. The molecule has 0 fully saturated rings. The standard InChI is InChI=1S/C14H24N4/c1-4-10-16-14(18-15)17-13-11(5-2)8-7-9-12(13)6-3/h7-9H,4-6,10,15H2,1-3H3,(H2,16,17,18). The lowest BCUT2D eigenvalue weighted by molar-refractivity contribution is 0.904. The van der Waals surface area contributed by atoms with Gasteiger partial charge in [0.2, 0.25) is 5.96 Å². The molecule has 0 aliphatic carbocycles. The van der Waals surface area contributed by atoms with Crippen molar-refractivity contribution in [2.45, 2.75) is 40.0 Å². The van der Waals surface area contributed by atoms with Crippen molar-refractivity contribution in [3.8, 4) is 0 Å². The Kier molecular flexibility index (Phi) is 6.22. The van der Waals surface area contributed by atoms with Crippen LogP contribution >= 0.6 is 0 Å². The first kappa shape index (κ1) is 14.5. The zero-order valence-electron chi connectivity index (χ0n) is 11.6. The van der Waals surface area contributed by atoms with Crippen molar-refractivity contribution in [1.29, 1.82) is 0 Å². The Morgan fingerprint density at radius 3 is 2.22 bits per heavy atom. The molecule has 0 bridgehead atoms. The van der Waals surface area contributed by atoms with Gasteiger partial charge in [-0.25, -0.2) is 5.84 Å². The number of guanidine groups is 1. The SMILES string of the molecule is CCCN=C(NN)Nc1c(CC)cccc1CC. The molecule has 1 rings (SSSR count). The number of aryl methyl sites for hydroxylation is 2. The van der Waals surface area contributed by atoms with Gasteiger partial charge in [0.25, 0.3) is 0 Å². The van der Waals surface area contributed by atoms with Crippen molar-refractivity contribution in [3.05, 3.63) is 29.3 Å². The molecule has 100 valence electrons. The van der Waals surface area contributed by atoms with Gasteiger partial charge in [0.05, 0.1) is 0 Å². The maximum absolute atomic E-state index is 5.50. The van der Waals surface area contributed by atoms with Crippen LogP contribution in [0.4, 0.5) is 5.69 Å². The summed E-state index contributed by atoms with van der Waals surface area (Å²) < 4.78 is 0. The molecule has 0 radical (unpaired) electrons. The van der Waals surface area contributed by atoms with Crippen LogP contribution in [0.15, 0.2) is 23.2 Å². The predicted molar refractivity (Wildman–Crippen MR) is 78.7 cm³/mol. The zero-order chi connectivity index (χ0) is 13.4. The monoisotopic (exact) mass is 248 g/mol. The topological polar surface area (TPSA) is 62.4 Å². The number of aliphatic imine (C=N–C) groups is 1. The van der Waals surface area contributed by atoms with Crippen LogP contribution in [0.5, 0.6) is 0 Å². The number of hydrogen-bond acceptors (Lipinski definition) is 2.